The molecular formula is C16H12BNO2S. The summed E-state index contributed by atoms with van der Waals surface area (Å²) in [6, 6.07) is 15.9. The normalized spacial score (nSPS) is 11.3. The van der Waals surface area contributed by atoms with Gasteiger partial charge in [-0.1, -0.05) is 36.4 Å². The first-order valence-electron chi connectivity index (χ1n) is 6.69. The Morgan fingerprint density at radius 3 is 2.52 bits per heavy atom. The molecule has 0 saturated heterocycles. The molecule has 0 aliphatic carbocycles. The number of aromatic amines is 1. The average molecular weight is 293 g/mol. The van der Waals surface area contributed by atoms with E-state index in [4.69, 9.17) is 0 Å². The Morgan fingerprint density at radius 2 is 1.76 bits per heavy atom. The van der Waals surface area contributed by atoms with Gasteiger partial charge in [0, 0.05) is 32.1 Å². The standard InChI is InChI=1S/C16H12BNO2S/c19-17(20)15-12(14-6-3-9-21-14)8-7-11-10-4-1-2-5-13(10)18-16(11)15/h1-9,18-20H. The van der Waals surface area contributed by atoms with E-state index < -0.39 is 7.12 Å². The molecule has 0 amide bonds. The summed E-state index contributed by atoms with van der Waals surface area (Å²) in [5, 5.41) is 23.8. The van der Waals surface area contributed by atoms with Crippen LogP contribution in [0.1, 0.15) is 0 Å². The van der Waals surface area contributed by atoms with Crippen molar-refractivity contribution in [3.05, 3.63) is 53.9 Å². The molecule has 4 aromatic rings. The van der Waals surface area contributed by atoms with Crippen LogP contribution in [0.25, 0.3) is 32.2 Å². The van der Waals surface area contributed by atoms with Crippen LogP contribution < -0.4 is 5.46 Å². The summed E-state index contributed by atoms with van der Waals surface area (Å²) in [5.41, 5.74) is 3.18. The lowest BCUT2D eigenvalue weighted by atomic mass is 9.75. The molecule has 4 rings (SSSR count). The minimum Gasteiger partial charge on any atom is -0.423 e. The van der Waals surface area contributed by atoms with Crippen LogP contribution in [0.2, 0.25) is 0 Å². The van der Waals surface area contributed by atoms with Gasteiger partial charge in [0.05, 0.1) is 0 Å². The van der Waals surface area contributed by atoms with Gasteiger partial charge in [0.2, 0.25) is 0 Å². The lowest BCUT2D eigenvalue weighted by Gasteiger charge is -2.09. The van der Waals surface area contributed by atoms with Crippen LogP contribution in [-0.4, -0.2) is 22.2 Å². The summed E-state index contributed by atoms with van der Waals surface area (Å²) in [4.78, 5) is 4.34. The van der Waals surface area contributed by atoms with E-state index in [-0.39, 0.29) is 0 Å². The second kappa shape index (κ2) is 4.74. The lowest BCUT2D eigenvalue weighted by Crippen LogP contribution is -2.32. The fraction of sp³-hybridized carbons (Fsp3) is 0. The lowest BCUT2D eigenvalue weighted by molar-refractivity contribution is 0.426. The summed E-state index contributed by atoms with van der Waals surface area (Å²) in [6.45, 7) is 0. The zero-order chi connectivity index (χ0) is 14.4. The van der Waals surface area contributed by atoms with Crippen LogP contribution in [0.3, 0.4) is 0 Å². The maximum Gasteiger partial charge on any atom is 0.491 e. The molecule has 0 bridgehead atoms. The zero-order valence-corrected chi connectivity index (χ0v) is 11.9. The molecule has 0 fully saturated rings. The molecule has 2 heterocycles. The monoisotopic (exact) mass is 293 g/mol. The Bertz CT molecular complexity index is 928. The van der Waals surface area contributed by atoms with Gasteiger partial charge in [-0.3, -0.25) is 0 Å². The van der Waals surface area contributed by atoms with Gasteiger partial charge < -0.3 is 15.0 Å². The highest BCUT2D eigenvalue weighted by Crippen LogP contribution is 2.30. The van der Waals surface area contributed by atoms with E-state index >= 15 is 0 Å². The van der Waals surface area contributed by atoms with Gasteiger partial charge in [0.15, 0.2) is 0 Å². The maximum atomic E-state index is 9.87. The van der Waals surface area contributed by atoms with Crippen LogP contribution >= 0.6 is 11.3 Å². The van der Waals surface area contributed by atoms with Crippen molar-refractivity contribution < 1.29 is 10.0 Å². The van der Waals surface area contributed by atoms with Crippen LogP contribution in [-0.2, 0) is 0 Å². The molecule has 5 heteroatoms. The molecule has 0 spiro atoms. The Labute approximate surface area is 125 Å². The van der Waals surface area contributed by atoms with Crippen LogP contribution in [0, 0.1) is 0 Å². The summed E-state index contributed by atoms with van der Waals surface area (Å²) in [5.74, 6) is 0. The molecule has 3 nitrogen and oxygen atoms in total. The average Bonchev–Trinajstić information content (AvgIpc) is 3.13. The predicted molar refractivity (Wildman–Crippen MR) is 88.9 cm³/mol. The number of fused-ring (bicyclic) bond motifs is 3. The summed E-state index contributed by atoms with van der Waals surface area (Å²) in [6.07, 6.45) is 0. The van der Waals surface area contributed by atoms with Crippen LogP contribution in [0.5, 0.6) is 0 Å². The van der Waals surface area contributed by atoms with E-state index in [2.05, 4.69) is 4.98 Å². The largest absolute Gasteiger partial charge is 0.491 e. The van der Waals surface area contributed by atoms with E-state index in [1.54, 1.807) is 11.3 Å². The van der Waals surface area contributed by atoms with Crippen molar-refractivity contribution in [2.24, 2.45) is 0 Å². The molecule has 21 heavy (non-hydrogen) atoms. The molecular weight excluding hydrogens is 281 g/mol. The minimum absolute atomic E-state index is 0.533. The summed E-state index contributed by atoms with van der Waals surface area (Å²) < 4.78 is 0. The first-order chi connectivity index (χ1) is 10.3. The number of benzene rings is 2. The van der Waals surface area contributed by atoms with E-state index in [0.717, 1.165) is 32.2 Å². The molecule has 0 radical (unpaired) electrons. The number of rotatable bonds is 2. The molecule has 102 valence electrons. The van der Waals surface area contributed by atoms with Gasteiger partial charge in [-0.15, -0.1) is 11.3 Å². The molecule has 2 aromatic carbocycles. The van der Waals surface area contributed by atoms with E-state index in [1.165, 1.54) is 0 Å². The van der Waals surface area contributed by atoms with Crippen molar-refractivity contribution in [2.75, 3.05) is 0 Å². The van der Waals surface area contributed by atoms with Crippen molar-refractivity contribution in [2.45, 2.75) is 0 Å². The minimum atomic E-state index is -1.51. The fourth-order valence-electron chi connectivity index (χ4n) is 2.86. The van der Waals surface area contributed by atoms with Gasteiger partial charge >= 0.3 is 7.12 Å². The van der Waals surface area contributed by atoms with Crippen molar-refractivity contribution in [3.63, 3.8) is 0 Å². The van der Waals surface area contributed by atoms with Crippen molar-refractivity contribution >= 4 is 45.7 Å². The Hall–Kier alpha value is -2.08. The molecule has 3 N–H and O–H groups in total. The number of thiophene rings is 1. The third-order valence-electron chi connectivity index (χ3n) is 3.77. The van der Waals surface area contributed by atoms with Crippen LogP contribution in [0.15, 0.2) is 53.9 Å². The third kappa shape index (κ3) is 1.90. The Kier molecular flexibility index (Phi) is 2.85. The number of nitrogens with one attached hydrogen (secondary N) is 1. The first-order valence-corrected chi connectivity index (χ1v) is 7.57. The molecule has 0 unspecified atom stereocenters. The number of para-hydroxylation sites is 1. The Balaban J connectivity index is 2.13. The number of hydrogen-bond acceptors (Lipinski definition) is 3. The topological polar surface area (TPSA) is 56.2 Å². The highest BCUT2D eigenvalue weighted by Gasteiger charge is 2.22. The quantitative estimate of drug-likeness (QED) is 0.498. The van der Waals surface area contributed by atoms with E-state index in [1.807, 2.05) is 53.9 Å². The van der Waals surface area contributed by atoms with Gasteiger partial charge in [-0.25, -0.2) is 0 Å². The fourth-order valence-corrected chi connectivity index (χ4v) is 3.62. The maximum absolute atomic E-state index is 9.87. The Morgan fingerprint density at radius 1 is 0.905 bits per heavy atom. The van der Waals surface area contributed by atoms with Crippen molar-refractivity contribution in [1.29, 1.82) is 0 Å². The number of hydrogen-bond donors (Lipinski definition) is 3. The molecule has 0 atom stereocenters. The van der Waals surface area contributed by atoms with Gasteiger partial charge in [-0.05, 0) is 23.1 Å². The first kappa shape index (κ1) is 12.6. The van der Waals surface area contributed by atoms with Crippen molar-refractivity contribution in [3.8, 4) is 10.4 Å². The zero-order valence-electron chi connectivity index (χ0n) is 11.1. The summed E-state index contributed by atoms with van der Waals surface area (Å²) >= 11 is 1.59. The SMILES string of the molecule is OB(O)c1c(-c2cccs2)ccc2c1[nH]c1ccccc12. The van der Waals surface area contributed by atoms with Gasteiger partial charge in [-0.2, -0.15) is 0 Å². The molecule has 0 saturated carbocycles. The van der Waals surface area contributed by atoms with E-state index in [9.17, 15) is 10.0 Å². The molecule has 0 aliphatic heterocycles. The van der Waals surface area contributed by atoms with E-state index in [0.29, 0.717) is 5.46 Å². The predicted octanol–water partition coefficient (Wildman–Crippen LogP) is 2.73. The molecule has 2 aromatic heterocycles. The summed E-state index contributed by atoms with van der Waals surface area (Å²) in [7, 11) is -1.51. The second-order valence-corrected chi connectivity index (χ2v) is 5.92. The third-order valence-corrected chi connectivity index (χ3v) is 4.67. The van der Waals surface area contributed by atoms with Gasteiger partial charge in [0.1, 0.15) is 0 Å². The second-order valence-electron chi connectivity index (χ2n) is 4.97. The number of aromatic nitrogens is 1. The highest BCUT2D eigenvalue weighted by molar-refractivity contribution is 7.13. The smallest absolute Gasteiger partial charge is 0.423 e. The van der Waals surface area contributed by atoms with Crippen molar-refractivity contribution in [1.82, 2.24) is 4.98 Å². The van der Waals surface area contributed by atoms with Crippen LogP contribution in [0.4, 0.5) is 0 Å². The van der Waals surface area contributed by atoms with Gasteiger partial charge in [0.25, 0.3) is 0 Å². The molecule has 0 aliphatic rings. The number of H-pyrrole nitrogens is 1. The highest BCUT2D eigenvalue weighted by atomic mass is 32.1.